The predicted molar refractivity (Wildman–Crippen MR) is 50.0 cm³/mol. The van der Waals surface area contributed by atoms with E-state index in [-0.39, 0.29) is 29.5 Å². The van der Waals surface area contributed by atoms with Crippen LogP contribution in [0.1, 0.15) is 11.6 Å². The summed E-state index contributed by atoms with van der Waals surface area (Å²) in [6, 6.07) is 1.74. The molecule has 1 aromatic carbocycles. The van der Waals surface area contributed by atoms with Crippen LogP contribution in [-0.2, 0) is 0 Å². The third-order valence-corrected chi connectivity index (χ3v) is 1.58. The predicted octanol–water partition coefficient (Wildman–Crippen LogP) is 1.78. The van der Waals surface area contributed by atoms with Crippen LogP contribution < -0.4 is 5.73 Å². The zero-order chi connectivity index (χ0) is 10.0. The quantitative estimate of drug-likeness (QED) is 0.719. The number of phenols is 2. The molecule has 1 aromatic rings. The largest absolute Gasteiger partial charge is 0.508 e. The van der Waals surface area contributed by atoms with Gasteiger partial charge >= 0.3 is 0 Å². The van der Waals surface area contributed by atoms with Gasteiger partial charge in [0.05, 0.1) is 6.04 Å². The molecule has 0 unspecified atom stereocenters. The second-order valence-corrected chi connectivity index (χ2v) is 2.64. The van der Waals surface area contributed by atoms with Crippen molar-refractivity contribution in [1.29, 1.82) is 0 Å². The summed E-state index contributed by atoms with van der Waals surface area (Å²) >= 11 is 0. The summed E-state index contributed by atoms with van der Waals surface area (Å²) in [5.74, 6) is -0.572. The lowest BCUT2D eigenvalue weighted by Gasteiger charge is -2.11. The van der Waals surface area contributed by atoms with Gasteiger partial charge in [-0.15, -0.1) is 12.4 Å². The lowest BCUT2D eigenvalue weighted by atomic mass is 10.1. The molecule has 0 saturated heterocycles. The fourth-order valence-corrected chi connectivity index (χ4v) is 0.956. The van der Waals surface area contributed by atoms with Crippen molar-refractivity contribution < 1.29 is 19.0 Å². The third-order valence-electron chi connectivity index (χ3n) is 1.58. The van der Waals surface area contributed by atoms with Crippen LogP contribution in [-0.4, -0.2) is 16.6 Å². The highest BCUT2D eigenvalue weighted by atomic mass is 35.5. The van der Waals surface area contributed by atoms with Gasteiger partial charge in [-0.1, -0.05) is 0 Å². The first-order valence-electron chi connectivity index (χ1n) is 3.57. The van der Waals surface area contributed by atoms with E-state index in [4.69, 9.17) is 15.9 Å². The molecule has 6 heteroatoms. The van der Waals surface area contributed by atoms with Crippen molar-refractivity contribution >= 4 is 12.4 Å². The SMILES string of the molecule is Cl.N[C@H](c1cc(O)cc(O)c1)C(F)F. The Kier molecular flexibility index (Phi) is 4.59. The second-order valence-electron chi connectivity index (χ2n) is 2.64. The van der Waals surface area contributed by atoms with Crippen molar-refractivity contribution in [1.82, 2.24) is 0 Å². The van der Waals surface area contributed by atoms with Gasteiger partial charge in [0, 0.05) is 6.07 Å². The lowest BCUT2D eigenvalue weighted by molar-refractivity contribution is 0.116. The number of halogens is 3. The fraction of sp³-hybridized carbons (Fsp3) is 0.250. The van der Waals surface area contributed by atoms with Gasteiger partial charge in [0.25, 0.3) is 6.43 Å². The molecule has 0 aliphatic carbocycles. The van der Waals surface area contributed by atoms with E-state index in [2.05, 4.69) is 0 Å². The van der Waals surface area contributed by atoms with Gasteiger partial charge < -0.3 is 15.9 Å². The summed E-state index contributed by atoms with van der Waals surface area (Å²) in [5.41, 5.74) is 5.11. The molecule has 1 atom stereocenters. The number of alkyl halides is 2. The van der Waals surface area contributed by atoms with Gasteiger partial charge in [0.2, 0.25) is 0 Å². The molecule has 0 bridgehead atoms. The van der Waals surface area contributed by atoms with Gasteiger partial charge in [-0.3, -0.25) is 0 Å². The van der Waals surface area contributed by atoms with Crippen molar-refractivity contribution in [2.45, 2.75) is 12.5 Å². The summed E-state index contributed by atoms with van der Waals surface area (Å²) in [4.78, 5) is 0. The molecular formula is C8H10ClF2NO2. The monoisotopic (exact) mass is 225 g/mol. The van der Waals surface area contributed by atoms with Crippen molar-refractivity contribution in [3.63, 3.8) is 0 Å². The molecule has 1 rings (SSSR count). The molecule has 0 fully saturated rings. The van der Waals surface area contributed by atoms with E-state index in [9.17, 15) is 8.78 Å². The Morgan fingerprint density at radius 1 is 1.07 bits per heavy atom. The molecule has 3 nitrogen and oxygen atoms in total. The minimum atomic E-state index is -2.72. The van der Waals surface area contributed by atoms with E-state index < -0.39 is 12.5 Å². The standard InChI is InChI=1S/C8H9F2NO2.ClH/c9-8(10)7(11)4-1-5(12)3-6(13)2-4;/h1-3,7-8,12-13H,11H2;1H/t7-;/m1./s1. The molecule has 0 aliphatic heterocycles. The highest BCUT2D eigenvalue weighted by molar-refractivity contribution is 5.85. The van der Waals surface area contributed by atoms with Gasteiger partial charge in [-0.2, -0.15) is 0 Å². The summed E-state index contributed by atoms with van der Waals surface area (Å²) in [5, 5.41) is 17.9. The van der Waals surface area contributed by atoms with Crippen LogP contribution in [0.25, 0.3) is 0 Å². The average Bonchev–Trinajstić information content (AvgIpc) is 2.01. The first kappa shape index (κ1) is 12.9. The fourth-order valence-electron chi connectivity index (χ4n) is 0.956. The number of rotatable bonds is 2. The maximum Gasteiger partial charge on any atom is 0.257 e. The third kappa shape index (κ3) is 3.01. The Morgan fingerprint density at radius 3 is 1.86 bits per heavy atom. The molecule has 0 aromatic heterocycles. The number of benzene rings is 1. The van der Waals surface area contributed by atoms with Gasteiger partial charge in [0.1, 0.15) is 11.5 Å². The topological polar surface area (TPSA) is 66.5 Å². The Balaban J connectivity index is 0.00000169. The first-order valence-corrected chi connectivity index (χ1v) is 3.57. The maximum atomic E-state index is 12.1. The molecule has 0 saturated carbocycles. The van der Waals surface area contributed by atoms with Crippen LogP contribution in [0.4, 0.5) is 8.78 Å². The van der Waals surface area contributed by atoms with Crippen molar-refractivity contribution in [3.8, 4) is 11.5 Å². The van der Waals surface area contributed by atoms with Crippen LogP contribution in [0.5, 0.6) is 11.5 Å². The molecule has 0 spiro atoms. The second kappa shape index (κ2) is 4.97. The summed E-state index contributed by atoms with van der Waals surface area (Å²) < 4.78 is 24.2. The van der Waals surface area contributed by atoms with Gasteiger partial charge in [-0.25, -0.2) is 8.78 Å². The highest BCUT2D eigenvalue weighted by Gasteiger charge is 2.18. The summed E-state index contributed by atoms with van der Waals surface area (Å²) in [6.45, 7) is 0. The molecule has 0 aliphatic rings. The molecule has 4 N–H and O–H groups in total. The number of aromatic hydroxyl groups is 2. The van der Waals surface area contributed by atoms with Crippen LogP contribution in [0.2, 0.25) is 0 Å². The van der Waals surface area contributed by atoms with E-state index >= 15 is 0 Å². The maximum absolute atomic E-state index is 12.1. The van der Waals surface area contributed by atoms with Crippen LogP contribution in [0.15, 0.2) is 18.2 Å². The van der Waals surface area contributed by atoms with E-state index in [1.54, 1.807) is 0 Å². The van der Waals surface area contributed by atoms with Crippen LogP contribution >= 0.6 is 12.4 Å². The van der Waals surface area contributed by atoms with E-state index in [0.29, 0.717) is 0 Å². The van der Waals surface area contributed by atoms with Crippen molar-refractivity contribution in [2.75, 3.05) is 0 Å². The Hall–Kier alpha value is -1.07. The molecule has 0 amide bonds. The Bertz CT molecular complexity index is 289. The molecule has 80 valence electrons. The van der Waals surface area contributed by atoms with E-state index in [0.717, 1.165) is 18.2 Å². The lowest BCUT2D eigenvalue weighted by Crippen LogP contribution is -2.18. The van der Waals surface area contributed by atoms with E-state index in [1.807, 2.05) is 0 Å². The zero-order valence-electron chi connectivity index (χ0n) is 7.02. The zero-order valence-corrected chi connectivity index (χ0v) is 7.84. The minimum Gasteiger partial charge on any atom is -0.508 e. The molecular weight excluding hydrogens is 216 g/mol. The smallest absolute Gasteiger partial charge is 0.257 e. The minimum absolute atomic E-state index is 0. The number of phenolic OH excluding ortho intramolecular Hbond substituents is 2. The summed E-state index contributed by atoms with van der Waals surface area (Å²) in [7, 11) is 0. The van der Waals surface area contributed by atoms with Gasteiger partial charge in [0.15, 0.2) is 0 Å². The number of hydrogen-bond donors (Lipinski definition) is 3. The number of nitrogens with two attached hydrogens (primary N) is 1. The first-order chi connectivity index (χ1) is 6.00. The van der Waals surface area contributed by atoms with Gasteiger partial charge in [-0.05, 0) is 17.7 Å². The van der Waals surface area contributed by atoms with E-state index in [1.165, 1.54) is 0 Å². The molecule has 0 heterocycles. The Morgan fingerprint density at radius 2 is 1.50 bits per heavy atom. The average molecular weight is 226 g/mol. The number of hydrogen-bond acceptors (Lipinski definition) is 3. The molecule has 0 radical (unpaired) electrons. The van der Waals surface area contributed by atoms with Crippen molar-refractivity contribution in [2.24, 2.45) is 5.73 Å². The van der Waals surface area contributed by atoms with Crippen LogP contribution in [0, 0.1) is 0 Å². The highest BCUT2D eigenvalue weighted by Crippen LogP contribution is 2.26. The van der Waals surface area contributed by atoms with Crippen molar-refractivity contribution in [3.05, 3.63) is 23.8 Å². The molecule has 14 heavy (non-hydrogen) atoms. The normalized spacial score (nSPS) is 12.3. The van der Waals surface area contributed by atoms with Crippen LogP contribution in [0.3, 0.4) is 0 Å². The summed E-state index contributed by atoms with van der Waals surface area (Å²) in [6.07, 6.45) is -2.72. The Labute approximate surface area is 85.6 Å².